The van der Waals surface area contributed by atoms with Crippen LogP contribution in [0.25, 0.3) is 0 Å². The summed E-state index contributed by atoms with van der Waals surface area (Å²) in [5, 5.41) is 3.15. The lowest BCUT2D eigenvalue weighted by atomic mass is 9.94. The molecule has 2 heterocycles. The summed E-state index contributed by atoms with van der Waals surface area (Å²) < 4.78 is 16.8. The number of fused-ring (bicyclic) bond motifs is 1. The van der Waals surface area contributed by atoms with E-state index >= 15 is 0 Å². The van der Waals surface area contributed by atoms with Crippen LogP contribution >= 0.6 is 0 Å². The molecule has 1 aromatic carbocycles. The zero-order valence-corrected chi connectivity index (χ0v) is 13.9. The van der Waals surface area contributed by atoms with E-state index in [-0.39, 0.29) is 0 Å². The minimum atomic E-state index is 0.457. The van der Waals surface area contributed by atoms with Crippen LogP contribution in [-0.4, -0.2) is 38.9 Å². The number of nitrogens with zero attached hydrogens (tertiary/aromatic N) is 1. The summed E-state index contributed by atoms with van der Waals surface area (Å²) >= 11 is 0. The Kier molecular flexibility index (Phi) is 4.22. The van der Waals surface area contributed by atoms with Crippen molar-refractivity contribution in [2.45, 2.75) is 25.7 Å². The van der Waals surface area contributed by atoms with E-state index in [0.717, 1.165) is 43.4 Å². The van der Waals surface area contributed by atoms with E-state index in [4.69, 9.17) is 19.9 Å². The molecule has 4 rings (SSSR count). The quantitative estimate of drug-likeness (QED) is 0.657. The van der Waals surface area contributed by atoms with Gasteiger partial charge in [-0.3, -0.25) is 4.99 Å². The van der Waals surface area contributed by atoms with Crippen molar-refractivity contribution in [3.8, 4) is 11.5 Å². The number of ether oxygens (including phenoxy) is 3. The molecule has 1 saturated carbocycles. The number of rotatable bonds is 3. The Morgan fingerprint density at radius 1 is 1.17 bits per heavy atom. The van der Waals surface area contributed by atoms with Gasteiger partial charge in [-0.25, -0.2) is 0 Å². The second-order valence-corrected chi connectivity index (χ2v) is 6.94. The minimum Gasteiger partial charge on any atom is -0.490 e. The van der Waals surface area contributed by atoms with Gasteiger partial charge in [0, 0.05) is 37.9 Å². The van der Waals surface area contributed by atoms with E-state index in [2.05, 4.69) is 10.3 Å². The van der Waals surface area contributed by atoms with Gasteiger partial charge in [-0.05, 0) is 42.7 Å². The predicted molar refractivity (Wildman–Crippen MR) is 92.8 cm³/mol. The molecular weight excluding hydrogens is 306 g/mol. The maximum atomic E-state index is 6.05. The third-order valence-electron chi connectivity index (χ3n) is 5.35. The molecule has 3 N–H and O–H groups in total. The first-order valence-corrected chi connectivity index (χ1v) is 8.80. The fourth-order valence-corrected chi connectivity index (χ4v) is 3.72. The van der Waals surface area contributed by atoms with Gasteiger partial charge in [-0.2, -0.15) is 0 Å². The van der Waals surface area contributed by atoms with Gasteiger partial charge in [0.25, 0.3) is 0 Å². The topological polar surface area (TPSA) is 78.1 Å². The molecule has 0 bridgehead atoms. The lowest BCUT2D eigenvalue weighted by Gasteiger charge is -2.22. The third kappa shape index (κ3) is 3.29. The average molecular weight is 331 g/mol. The Balaban J connectivity index is 1.34. The largest absolute Gasteiger partial charge is 0.490 e. The Morgan fingerprint density at radius 3 is 2.79 bits per heavy atom. The van der Waals surface area contributed by atoms with E-state index < -0.39 is 0 Å². The standard InChI is InChI=1S/C18H25N3O3/c19-17(20-12-13-11-18(13)4-8-22-9-5-18)21-14-2-3-15-16(10-14)24-7-1-6-23-15/h2-3,10,13H,1,4-9,11-12H2,(H3,19,20,21). The highest BCUT2D eigenvalue weighted by molar-refractivity contribution is 5.92. The van der Waals surface area contributed by atoms with Crippen molar-refractivity contribution in [3.05, 3.63) is 18.2 Å². The summed E-state index contributed by atoms with van der Waals surface area (Å²) in [6.07, 6.45) is 4.50. The Hall–Kier alpha value is -1.95. The molecule has 24 heavy (non-hydrogen) atoms. The zero-order chi connectivity index (χ0) is 16.4. The molecule has 1 spiro atoms. The average Bonchev–Trinajstić information content (AvgIpc) is 3.31. The van der Waals surface area contributed by atoms with Crippen molar-refractivity contribution >= 4 is 11.6 Å². The van der Waals surface area contributed by atoms with Crippen LogP contribution < -0.4 is 20.5 Å². The van der Waals surface area contributed by atoms with Gasteiger partial charge in [0.1, 0.15) is 0 Å². The highest BCUT2D eigenvalue weighted by Crippen LogP contribution is 2.59. The molecule has 130 valence electrons. The fraction of sp³-hybridized carbons (Fsp3) is 0.611. The van der Waals surface area contributed by atoms with Crippen molar-refractivity contribution < 1.29 is 14.2 Å². The van der Waals surface area contributed by atoms with Crippen LogP contribution in [0.4, 0.5) is 5.69 Å². The van der Waals surface area contributed by atoms with Gasteiger partial charge in [0.2, 0.25) is 0 Å². The summed E-state index contributed by atoms with van der Waals surface area (Å²) in [4.78, 5) is 4.53. The number of hydrogen-bond donors (Lipinski definition) is 2. The van der Waals surface area contributed by atoms with Crippen LogP contribution in [0.3, 0.4) is 0 Å². The van der Waals surface area contributed by atoms with E-state index in [0.29, 0.717) is 30.5 Å². The van der Waals surface area contributed by atoms with Crippen molar-refractivity contribution in [2.75, 3.05) is 38.3 Å². The molecule has 0 amide bonds. The lowest BCUT2D eigenvalue weighted by Crippen LogP contribution is -2.24. The van der Waals surface area contributed by atoms with Gasteiger partial charge in [-0.1, -0.05) is 0 Å². The third-order valence-corrected chi connectivity index (χ3v) is 5.35. The summed E-state index contributed by atoms with van der Waals surface area (Å²) in [5.41, 5.74) is 7.40. The fourth-order valence-electron chi connectivity index (χ4n) is 3.72. The highest BCUT2D eigenvalue weighted by atomic mass is 16.5. The van der Waals surface area contributed by atoms with E-state index in [1.807, 2.05) is 18.2 Å². The minimum absolute atomic E-state index is 0.457. The predicted octanol–water partition coefficient (Wildman–Crippen LogP) is 2.39. The Bertz CT molecular complexity index is 626. The molecule has 2 fully saturated rings. The summed E-state index contributed by atoms with van der Waals surface area (Å²) in [6.45, 7) is 3.95. The smallest absolute Gasteiger partial charge is 0.193 e. The summed E-state index contributed by atoms with van der Waals surface area (Å²) in [5.74, 6) is 2.66. The second kappa shape index (κ2) is 6.51. The van der Waals surface area contributed by atoms with Gasteiger partial charge in [0.15, 0.2) is 17.5 Å². The maximum absolute atomic E-state index is 6.05. The number of anilines is 1. The first-order valence-electron chi connectivity index (χ1n) is 8.80. The van der Waals surface area contributed by atoms with Crippen LogP contribution in [0.15, 0.2) is 23.2 Å². The van der Waals surface area contributed by atoms with Crippen LogP contribution in [-0.2, 0) is 4.74 Å². The molecule has 1 unspecified atom stereocenters. The van der Waals surface area contributed by atoms with E-state index in [9.17, 15) is 0 Å². The summed E-state index contributed by atoms with van der Waals surface area (Å²) in [6, 6.07) is 5.77. The monoisotopic (exact) mass is 331 g/mol. The van der Waals surface area contributed by atoms with Crippen molar-refractivity contribution in [2.24, 2.45) is 22.1 Å². The van der Waals surface area contributed by atoms with Gasteiger partial charge in [-0.15, -0.1) is 0 Å². The number of aliphatic imine (C=N–C) groups is 1. The van der Waals surface area contributed by atoms with E-state index in [1.165, 1.54) is 19.3 Å². The van der Waals surface area contributed by atoms with Crippen molar-refractivity contribution in [1.29, 1.82) is 0 Å². The Morgan fingerprint density at radius 2 is 1.96 bits per heavy atom. The van der Waals surface area contributed by atoms with Gasteiger partial charge in [0.05, 0.1) is 13.2 Å². The van der Waals surface area contributed by atoms with Crippen molar-refractivity contribution in [1.82, 2.24) is 0 Å². The molecule has 0 aromatic heterocycles. The molecule has 1 saturated heterocycles. The molecular formula is C18H25N3O3. The molecule has 1 aromatic rings. The van der Waals surface area contributed by atoms with Gasteiger partial charge >= 0.3 is 0 Å². The SMILES string of the molecule is NC(=NCC1CC12CCOCC2)Nc1ccc2c(c1)OCCCO2. The molecule has 3 aliphatic rings. The number of guanidine groups is 1. The molecule has 2 aliphatic heterocycles. The van der Waals surface area contributed by atoms with Crippen molar-refractivity contribution in [3.63, 3.8) is 0 Å². The molecule has 1 aliphatic carbocycles. The molecule has 0 radical (unpaired) electrons. The Labute approximate surface area is 142 Å². The highest BCUT2D eigenvalue weighted by Gasteiger charge is 2.53. The summed E-state index contributed by atoms with van der Waals surface area (Å²) in [7, 11) is 0. The van der Waals surface area contributed by atoms with Crippen LogP contribution in [0.5, 0.6) is 11.5 Å². The normalized spacial score (nSPS) is 25.2. The molecule has 6 nitrogen and oxygen atoms in total. The maximum Gasteiger partial charge on any atom is 0.193 e. The molecule has 1 atom stereocenters. The zero-order valence-electron chi connectivity index (χ0n) is 13.9. The second-order valence-electron chi connectivity index (χ2n) is 6.94. The lowest BCUT2D eigenvalue weighted by molar-refractivity contribution is 0.0525. The van der Waals surface area contributed by atoms with E-state index in [1.54, 1.807) is 0 Å². The number of benzene rings is 1. The van der Waals surface area contributed by atoms with Crippen LogP contribution in [0, 0.1) is 11.3 Å². The molecule has 6 heteroatoms. The van der Waals surface area contributed by atoms with Gasteiger partial charge < -0.3 is 25.3 Å². The number of nitrogens with one attached hydrogen (secondary N) is 1. The first-order chi connectivity index (χ1) is 11.8. The number of hydrogen-bond acceptors (Lipinski definition) is 4. The first kappa shape index (κ1) is 15.6. The van der Waals surface area contributed by atoms with Crippen LogP contribution in [0.2, 0.25) is 0 Å². The van der Waals surface area contributed by atoms with Crippen LogP contribution in [0.1, 0.15) is 25.7 Å². The number of nitrogens with two attached hydrogens (primary N) is 1.